The molecule has 0 saturated carbocycles. The summed E-state index contributed by atoms with van der Waals surface area (Å²) in [5.41, 5.74) is 6.93. The second-order valence-electron chi connectivity index (χ2n) is 3.08. The van der Waals surface area contributed by atoms with Gasteiger partial charge in [-0.15, -0.1) is 0 Å². The van der Waals surface area contributed by atoms with Gasteiger partial charge in [0.05, 0.1) is 6.61 Å². The van der Waals surface area contributed by atoms with Crippen molar-refractivity contribution in [2.75, 3.05) is 6.61 Å². The van der Waals surface area contributed by atoms with E-state index in [1.54, 1.807) is 24.3 Å². The Morgan fingerprint density at radius 2 is 1.73 bits per heavy atom. The van der Waals surface area contributed by atoms with Crippen LogP contribution in [0.2, 0.25) is 0 Å². The fourth-order valence-corrected chi connectivity index (χ4v) is 1.17. The van der Waals surface area contributed by atoms with Crippen LogP contribution in [0.25, 0.3) is 0 Å². The van der Waals surface area contributed by atoms with Gasteiger partial charge in [-0.05, 0) is 11.1 Å². The summed E-state index contributed by atoms with van der Waals surface area (Å²) in [6.07, 6.45) is -4.28. The van der Waals surface area contributed by atoms with E-state index in [1.165, 1.54) is 0 Å². The van der Waals surface area contributed by atoms with E-state index in [9.17, 15) is 13.2 Å². The molecule has 0 atom stereocenters. The third kappa shape index (κ3) is 4.31. The smallest absolute Gasteiger partial charge is 0.367 e. The third-order valence-corrected chi connectivity index (χ3v) is 1.86. The highest BCUT2D eigenvalue weighted by molar-refractivity contribution is 5.26. The molecule has 2 nitrogen and oxygen atoms in total. The lowest BCUT2D eigenvalue weighted by Gasteiger charge is -2.10. The molecular formula is C10H12F3NO. The number of hydrogen-bond acceptors (Lipinski definition) is 2. The number of nitrogens with two attached hydrogens (primary N) is 1. The van der Waals surface area contributed by atoms with Crippen molar-refractivity contribution in [1.29, 1.82) is 0 Å². The van der Waals surface area contributed by atoms with Crippen molar-refractivity contribution in [3.63, 3.8) is 0 Å². The molecule has 1 aromatic carbocycles. The zero-order valence-corrected chi connectivity index (χ0v) is 8.05. The summed E-state index contributed by atoms with van der Waals surface area (Å²) in [5, 5.41) is 0. The van der Waals surface area contributed by atoms with Crippen LogP contribution in [0.1, 0.15) is 11.1 Å². The number of ether oxygens (including phenoxy) is 1. The maximum absolute atomic E-state index is 11.8. The topological polar surface area (TPSA) is 35.2 Å². The predicted molar refractivity (Wildman–Crippen MR) is 50.0 cm³/mol. The van der Waals surface area contributed by atoms with Gasteiger partial charge in [-0.3, -0.25) is 0 Å². The predicted octanol–water partition coefficient (Wildman–Crippen LogP) is 2.22. The van der Waals surface area contributed by atoms with Gasteiger partial charge in [-0.2, -0.15) is 13.2 Å². The average Bonchev–Trinajstić information content (AvgIpc) is 2.16. The molecule has 15 heavy (non-hydrogen) atoms. The Bertz CT molecular complexity index is 312. The van der Waals surface area contributed by atoms with Crippen molar-refractivity contribution in [2.45, 2.75) is 19.3 Å². The van der Waals surface area contributed by atoms with E-state index in [0.29, 0.717) is 12.1 Å². The van der Waals surface area contributed by atoms with E-state index in [1.807, 2.05) is 0 Å². The highest BCUT2D eigenvalue weighted by Gasteiger charge is 2.27. The molecule has 0 radical (unpaired) electrons. The standard InChI is InChI=1S/C10H12F3NO/c11-10(12,13)7-15-6-9-4-2-1-3-8(9)5-14/h1-4H,5-7,14H2. The van der Waals surface area contributed by atoms with Crippen LogP contribution in [0.15, 0.2) is 24.3 Å². The Labute approximate surface area is 85.8 Å². The van der Waals surface area contributed by atoms with E-state index in [4.69, 9.17) is 5.73 Å². The summed E-state index contributed by atoms with van der Waals surface area (Å²) in [5.74, 6) is 0. The Morgan fingerprint density at radius 3 is 2.27 bits per heavy atom. The molecule has 1 rings (SSSR count). The Morgan fingerprint density at radius 1 is 1.13 bits per heavy atom. The summed E-state index contributed by atoms with van der Waals surface area (Å²) < 4.78 is 39.9. The molecule has 0 saturated heterocycles. The van der Waals surface area contributed by atoms with Gasteiger partial charge in [-0.25, -0.2) is 0 Å². The van der Waals surface area contributed by atoms with Crippen LogP contribution in [-0.2, 0) is 17.9 Å². The summed E-state index contributed by atoms with van der Waals surface area (Å²) >= 11 is 0. The zero-order chi connectivity index (χ0) is 11.3. The quantitative estimate of drug-likeness (QED) is 0.842. The fraction of sp³-hybridized carbons (Fsp3) is 0.400. The third-order valence-electron chi connectivity index (χ3n) is 1.86. The van der Waals surface area contributed by atoms with Crippen LogP contribution in [0.3, 0.4) is 0 Å². The minimum atomic E-state index is -4.28. The van der Waals surface area contributed by atoms with Crippen LogP contribution >= 0.6 is 0 Å². The highest BCUT2D eigenvalue weighted by Crippen LogP contribution is 2.16. The van der Waals surface area contributed by atoms with Gasteiger partial charge in [0.25, 0.3) is 0 Å². The van der Waals surface area contributed by atoms with Crippen molar-refractivity contribution in [2.24, 2.45) is 5.73 Å². The van der Waals surface area contributed by atoms with Crippen LogP contribution in [-0.4, -0.2) is 12.8 Å². The molecule has 0 heterocycles. The normalized spacial score (nSPS) is 11.7. The van der Waals surface area contributed by atoms with E-state index in [2.05, 4.69) is 4.74 Å². The molecule has 0 aliphatic carbocycles. The summed E-state index contributed by atoms with van der Waals surface area (Å²) in [6.45, 7) is -0.996. The van der Waals surface area contributed by atoms with E-state index >= 15 is 0 Å². The SMILES string of the molecule is NCc1ccccc1COCC(F)(F)F. The monoisotopic (exact) mass is 219 g/mol. The van der Waals surface area contributed by atoms with Gasteiger partial charge in [0.15, 0.2) is 0 Å². The average molecular weight is 219 g/mol. The van der Waals surface area contributed by atoms with Gasteiger partial charge in [0.2, 0.25) is 0 Å². The molecular weight excluding hydrogens is 207 g/mol. The molecule has 0 aliphatic rings. The first-order chi connectivity index (χ1) is 7.03. The minimum Gasteiger partial charge on any atom is -0.367 e. The van der Waals surface area contributed by atoms with Gasteiger partial charge >= 0.3 is 6.18 Å². The van der Waals surface area contributed by atoms with Gasteiger partial charge in [-0.1, -0.05) is 24.3 Å². The van der Waals surface area contributed by atoms with Crippen molar-refractivity contribution >= 4 is 0 Å². The second-order valence-corrected chi connectivity index (χ2v) is 3.08. The fourth-order valence-electron chi connectivity index (χ4n) is 1.17. The Hall–Kier alpha value is -1.07. The largest absolute Gasteiger partial charge is 0.411 e. The number of rotatable bonds is 4. The number of hydrogen-bond donors (Lipinski definition) is 1. The molecule has 0 amide bonds. The van der Waals surface area contributed by atoms with E-state index in [0.717, 1.165) is 5.56 Å². The van der Waals surface area contributed by atoms with Crippen LogP contribution in [0.4, 0.5) is 13.2 Å². The maximum Gasteiger partial charge on any atom is 0.411 e. The molecule has 0 aliphatic heterocycles. The molecule has 0 aromatic heterocycles. The molecule has 0 unspecified atom stereocenters. The first-order valence-corrected chi connectivity index (χ1v) is 4.44. The van der Waals surface area contributed by atoms with E-state index < -0.39 is 12.8 Å². The molecule has 2 N–H and O–H groups in total. The van der Waals surface area contributed by atoms with Crippen molar-refractivity contribution in [1.82, 2.24) is 0 Å². The van der Waals surface area contributed by atoms with E-state index in [-0.39, 0.29) is 6.61 Å². The molecule has 0 spiro atoms. The first kappa shape index (κ1) is 12.0. The number of halogens is 3. The highest BCUT2D eigenvalue weighted by atomic mass is 19.4. The first-order valence-electron chi connectivity index (χ1n) is 4.44. The number of alkyl halides is 3. The van der Waals surface area contributed by atoms with Crippen molar-refractivity contribution < 1.29 is 17.9 Å². The molecule has 0 fully saturated rings. The molecule has 1 aromatic rings. The lowest BCUT2D eigenvalue weighted by atomic mass is 10.1. The molecule has 0 bridgehead atoms. The molecule has 5 heteroatoms. The van der Waals surface area contributed by atoms with Crippen LogP contribution in [0, 0.1) is 0 Å². The molecule has 84 valence electrons. The Balaban J connectivity index is 2.50. The lowest BCUT2D eigenvalue weighted by molar-refractivity contribution is -0.176. The summed E-state index contributed by atoms with van der Waals surface area (Å²) in [4.78, 5) is 0. The lowest BCUT2D eigenvalue weighted by Crippen LogP contribution is -2.17. The van der Waals surface area contributed by atoms with Crippen molar-refractivity contribution in [3.8, 4) is 0 Å². The maximum atomic E-state index is 11.8. The van der Waals surface area contributed by atoms with Crippen LogP contribution in [0.5, 0.6) is 0 Å². The Kier molecular flexibility index (Phi) is 4.11. The van der Waals surface area contributed by atoms with Crippen LogP contribution < -0.4 is 5.73 Å². The van der Waals surface area contributed by atoms with Gasteiger partial charge < -0.3 is 10.5 Å². The van der Waals surface area contributed by atoms with Crippen molar-refractivity contribution in [3.05, 3.63) is 35.4 Å². The van der Waals surface area contributed by atoms with Gasteiger partial charge in [0.1, 0.15) is 6.61 Å². The minimum absolute atomic E-state index is 0.0626. The number of benzene rings is 1. The zero-order valence-electron chi connectivity index (χ0n) is 8.05. The summed E-state index contributed by atoms with van der Waals surface area (Å²) in [7, 11) is 0. The van der Waals surface area contributed by atoms with Gasteiger partial charge in [0, 0.05) is 6.54 Å². The summed E-state index contributed by atoms with van der Waals surface area (Å²) in [6, 6.07) is 7.01. The second kappa shape index (κ2) is 5.14.